The first-order chi connectivity index (χ1) is 14.4. The van der Waals surface area contributed by atoms with E-state index in [-0.39, 0.29) is 11.7 Å². The van der Waals surface area contributed by atoms with Gasteiger partial charge in [-0.3, -0.25) is 0 Å². The summed E-state index contributed by atoms with van der Waals surface area (Å²) in [7, 11) is 0. The summed E-state index contributed by atoms with van der Waals surface area (Å²) in [6.07, 6.45) is 1.19. The lowest BCUT2D eigenvalue weighted by molar-refractivity contribution is -0.274. The van der Waals surface area contributed by atoms with Gasteiger partial charge >= 0.3 is 6.36 Å². The Morgan fingerprint density at radius 3 is 2.50 bits per heavy atom. The van der Waals surface area contributed by atoms with Crippen LogP contribution < -0.4 is 15.4 Å². The molecule has 1 aromatic carbocycles. The van der Waals surface area contributed by atoms with Gasteiger partial charge in [-0.1, -0.05) is 23.7 Å². The molecule has 1 aliphatic heterocycles. The zero-order valence-corrected chi connectivity index (χ0v) is 16.3. The van der Waals surface area contributed by atoms with Crippen LogP contribution in [0.5, 0.6) is 5.75 Å². The second kappa shape index (κ2) is 8.35. The van der Waals surface area contributed by atoms with E-state index in [0.29, 0.717) is 17.5 Å². The highest BCUT2D eigenvalue weighted by molar-refractivity contribution is 6.30. The zero-order valence-electron chi connectivity index (χ0n) is 15.6. The van der Waals surface area contributed by atoms with Crippen LogP contribution in [-0.2, 0) is 13.0 Å². The third kappa shape index (κ3) is 5.10. The van der Waals surface area contributed by atoms with Crippen LogP contribution in [0.2, 0.25) is 5.02 Å². The van der Waals surface area contributed by atoms with E-state index < -0.39 is 6.36 Å². The number of alkyl halides is 3. The molecule has 2 aromatic heterocycles. The number of rotatable bonds is 6. The van der Waals surface area contributed by atoms with Gasteiger partial charge in [0.15, 0.2) is 0 Å². The van der Waals surface area contributed by atoms with Crippen LogP contribution in [-0.4, -0.2) is 27.9 Å². The van der Waals surface area contributed by atoms with Crippen molar-refractivity contribution >= 4 is 23.4 Å². The fourth-order valence-corrected chi connectivity index (χ4v) is 3.42. The van der Waals surface area contributed by atoms with Crippen molar-refractivity contribution in [2.45, 2.75) is 25.2 Å². The van der Waals surface area contributed by atoms with Gasteiger partial charge < -0.3 is 15.4 Å². The van der Waals surface area contributed by atoms with Crippen molar-refractivity contribution in [1.82, 2.24) is 15.0 Å². The number of benzene rings is 1. The predicted octanol–water partition coefficient (Wildman–Crippen LogP) is 4.79. The molecule has 10 heteroatoms. The predicted molar refractivity (Wildman–Crippen MR) is 107 cm³/mol. The molecule has 6 nitrogen and oxygen atoms in total. The van der Waals surface area contributed by atoms with Crippen molar-refractivity contribution < 1.29 is 17.9 Å². The summed E-state index contributed by atoms with van der Waals surface area (Å²) in [5.74, 6) is 1.27. The number of hydrogen-bond acceptors (Lipinski definition) is 6. The first-order valence-corrected chi connectivity index (χ1v) is 9.52. The minimum Gasteiger partial charge on any atom is -0.406 e. The number of nitrogens with one attached hydrogen (secondary N) is 2. The highest BCUT2D eigenvalue weighted by Crippen LogP contribution is 2.33. The van der Waals surface area contributed by atoms with Crippen molar-refractivity contribution in [3.05, 3.63) is 70.6 Å². The smallest absolute Gasteiger partial charge is 0.406 e. The Balaban J connectivity index is 1.32. The van der Waals surface area contributed by atoms with E-state index in [4.69, 9.17) is 11.6 Å². The molecule has 0 saturated heterocycles. The Morgan fingerprint density at radius 2 is 1.80 bits per heavy atom. The van der Waals surface area contributed by atoms with Crippen LogP contribution in [0.1, 0.15) is 22.6 Å². The van der Waals surface area contributed by atoms with Gasteiger partial charge in [-0.2, -0.15) is 0 Å². The lowest BCUT2D eigenvalue weighted by Crippen LogP contribution is -2.17. The fraction of sp³-hybridized carbons (Fsp3) is 0.250. The molecule has 3 heterocycles. The standard InChI is InChI=1S/C20H17ClF3N5O/c21-15-6-17-14(10-25-18(17)26-11-15)5-13-8-28-19(29-9-13)27-7-12-1-3-16(4-2-12)30-20(22,23)24/h1-4,6,8-9,11,14H,5,7,10H2,(H,25,26)(H,27,28,29). The average molecular weight is 436 g/mol. The Bertz CT molecular complexity index is 1010. The summed E-state index contributed by atoms with van der Waals surface area (Å²) in [6, 6.07) is 7.56. The number of anilines is 2. The molecule has 2 N–H and O–H groups in total. The molecule has 0 saturated carbocycles. The van der Waals surface area contributed by atoms with E-state index in [0.717, 1.165) is 35.5 Å². The van der Waals surface area contributed by atoms with E-state index in [9.17, 15) is 13.2 Å². The quantitative estimate of drug-likeness (QED) is 0.580. The van der Waals surface area contributed by atoms with Gasteiger partial charge in [-0.15, -0.1) is 13.2 Å². The molecule has 3 aromatic rings. The monoisotopic (exact) mass is 435 g/mol. The number of fused-ring (bicyclic) bond motifs is 1. The van der Waals surface area contributed by atoms with Crippen molar-refractivity contribution in [1.29, 1.82) is 0 Å². The number of hydrogen-bond donors (Lipinski definition) is 2. The fourth-order valence-electron chi connectivity index (χ4n) is 3.25. The van der Waals surface area contributed by atoms with Gasteiger partial charge in [0, 0.05) is 43.2 Å². The van der Waals surface area contributed by atoms with Crippen LogP contribution in [0, 0.1) is 0 Å². The second-order valence-corrected chi connectivity index (χ2v) is 7.27. The van der Waals surface area contributed by atoms with Crippen molar-refractivity contribution in [3.8, 4) is 5.75 Å². The lowest BCUT2D eigenvalue weighted by atomic mass is 9.96. The van der Waals surface area contributed by atoms with Crippen molar-refractivity contribution in [2.24, 2.45) is 0 Å². The van der Waals surface area contributed by atoms with Gasteiger partial charge in [0.2, 0.25) is 5.95 Å². The summed E-state index contributed by atoms with van der Waals surface area (Å²) in [5.41, 5.74) is 2.84. The number of ether oxygens (including phenoxy) is 1. The molecule has 30 heavy (non-hydrogen) atoms. The van der Waals surface area contributed by atoms with Crippen LogP contribution >= 0.6 is 11.6 Å². The third-order valence-electron chi connectivity index (χ3n) is 4.63. The molecule has 0 fully saturated rings. The minimum atomic E-state index is -4.70. The number of aromatic nitrogens is 3. The molecule has 1 aliphatic rings. The van der Waals surface area contributed by atoms with E-state index in [1.54, 1.807) is 30.7 Å². The van der Waals surface area contributed by atoms with Crippen LogP contribution in [0.25, 0.3) is 0 Å². The van der Waals surface area contributed by atoms with Gasteiger partial charge in [0.1, 0.15) is 11.6 Å². The topological polar surface area (TPSA) is 72.0 Å². The van der Waals surface area contributed by atoms with Crippen LogP contribution in [0.15, 0.2) is 48.9 Å². The first kappa shape index (κ1) is 20.2. The first-order valence-electron chi connectivity index (χ1n) is 9.14. The number of nitrogens with zero attached hydrogens (tertiary/aromatic N) is 3. The zero-order chi connectivity index (χ0) is 21.1. The molecule has 0 amide bonds. The summed E-state index contributed by atoms with van der Waals surface area (Å²) < 4.78 is 40.5. The summed E-state index contributed by atoms with van der Waals surface area (Å²) in [5, 5.41) is 6.92. The summed E-state index contributed by atoms with van der Waals surface area (Å²) >= 11 is 6.05. The molecule has 1 unspecified atom stereocenters. The van der Waals surface area contributed by atoms with E-state index in [1.165, 1.54) is 12.1 Å². The Hall–Kier alpha value is -3.07. The normalized spacial score (nSPS) is 15.4. The van der Waals surface area contributed by atoms with Gasteiger partial charge in [-0.05, 0) is 35.7 Å². The maximum Gasteiger partial charge on any atom is 0.573 e. The van der Waals surface area contributed by atoms with E-state index in [1.807, 2.05) is 6.07 Å². The summed E-state index contributed by atoms with van der Waals surface area (Å²) in [6.45, 7) is 1.15. The van der Waals surface area contributed by atoms with Crippen molar-refractivity contribution in [2.75, 3.05) is 17.2 Å². The molecule has 0 radical (unpaired) electrons. The SMILES string of the molecule is FC(F)(F)Oc1ccc(CNc2ncc(CC3CNc4ncc(Cl)cc43)cn2)cc1. The molecule has 0 spiro atoms. The minimum absolute atomic E-state index is 0.242. The van der Waals surface area contributed by atoms with E-state index >= 15 is 0 Å². The van der Waals surface area contributed by atoms with Crippen LogP contribution in [0.4, 0.5) is 24.9 Å². The molecule has 0 aliphatic carbocycles. The average Bonchev–Trinajstić information content (AvgIpc) is 3.09. The summed E-state index contributed by atoms with van der Waals surface area (Å²) in [4.78, 5) is 12.9. The highest BCUT2D eigenvalue weighted by atomic mass is 35.5. The molecular weight excluding hydrogens is 419 g/mol. The van der Waals surface area contributed by atoms with Crippen molar-refractivity contribution in [3.63, 3.8) is 0 Å². The van der Waals surface area contributed by atoms with Gasteiger partial charge in [0.25, 0.3) is 0 Å². The Kier molecular flexibility index (Phi) is 5.63. The molecule has 4 rings (SSSR count). The van der Waals surface area contributed by atoms with Crippen LogP contribution in [0.3, 0.4) is 0 Å². The molecule has 1 atom stereocenters. The van der Waals surface area contributed by atoms with Gasteiger partial charge in [0.05, 0.1) is 5.02 Å². The molecular formula is C20H17ClF3N5O. The highest BCUT2D eigenvalue weighted by Gasteiger charge is 2.31. The van der Waals surface area contributed by atoms with Gasteiger partial charge in [-0.25, -0.2) is 15.0 Å². The molecule has 156 valence electrons. The Labute approximate surface area is 175 Å². The lowest BCUT2D eigenvalue weighted by Gasteiger charge is -2.11. The largest absolute Gasteiger partial charge is 0.573 e. The second-order valence-electron chi connectivity index (χ2n) is 6.83. The maximum atomic E-state index is 12.2. The maximum absolute atomic E-state index is 12.2. The Morgan fingerprint density at radius 1 is 1.07 bits per heavy atom. The number of pyridine rings is 1. The van der Waals surface area contributed by atoms with E-state index in [2.05, 4.69) is 30.3 Å². The number of halogens is 4. The third-order valence-corrected chi connectivity index (χ3v) is 4.84. The molecule has 0 bridgehead atoms.